The number of nitrogens with one attached hydrogen (secondary N) is 1. The van der Waals surface area contributed by atoms with Crippen LogP contribution in [0.4, 0.5) is 5.69 Å². The molecule has 0 fully saturated rings. The Bertz CT molecular complexity index is 539. The van der Waals surface area contributed by atoms with Gasteiger partial charge in [-0.2, -0.15) is 0 Å². The molecule has 0 saturated carbocycles. The molecule has 0 saturated heterocycles. The molecule has 0 bridgehead atoms. The van der Waals surface area contributed by atoms with Crippen molar-refractivity contribution in [2.75, 3.05) is 5.32 Å². The maximum Gasteiger partial charge on any atom is 0.152 e. The van der Waals surface area contributed by atoms with E-state index in [4.69, 9.17) is 16.3 Å². The normalized spacial score (nSPS) is 12.8. The van der Waals surface area contributed by atoms with E-state index in [0.717, 1.165) is 29.3 Å². The molecule has 0 unspecified atom stereocenters. The molecule has 0 aliphatic carbocycles. The predicted octanol–water partition coefficient (Wildman–Crippen LogP) is 4.06. The molecule has 1 N–H and O–H groups in total. The minimum Gasteiger partial charge on any atom is -0.455 e. The summed E-state index contributed by atoms with van der Waals surface area (Å²) in [6, 6.07) is 13.6. The lowest BCUT2D eigenvalue weighted by Gasteiger charge is -2.07. The fourth-order valence-electron chi connectivity index (χ4n) is 1.79. The standard InChI is InChI=1S/C13H10ClNO/c14-10-5-6-11-13(7-10)16-12-4-2-1-3-9(12)8-15-11/h1-7,15H,8H2. The highest BCUT2D eigenvalue weighted by atomic mass is 35.5. The number of halogens is 1. The van der Waals surface area contributed by atoms with Gasteiger partial charge in [0.05, 0.1) is 5.69 Å². The number of hydrogen-bond acceptors (Lipinski definition) is 2. The monoisotopic (exact) mass is 231 g/mol. The zero-order valence-corrected chi connectivity index (χ0v) is 9.29. The van der Waals surface area contributed by atoms with Crippen molar-refractivity contribution < 1.29 is 4.74 Å². The fraction of sp³-hybridized carbons (Fsp3) is 0.0769. The van der Waals surface area contributed by atoms with E-state index in [1.165, 1.54) is 0 Å². The summed E-state index contributed by atoms with van der Waals surface area (Å²) in [5.41, 5.74) is 2.12. The smallest absolute Gasteiger partial charge is 0.152 e. The number of para-hydroxylation sites is 1. The SMILES string of the molecule is Clc1ccc2c(c1)Oc1ccccc1CN2. The molecule has 3 heteroatoms. The number of anilines is 1. The fourth-order valence-corrected chi connectivity index (χ4v) is 1.95. The van der Waals surface area contributed by atoms with Gasteiger partial charge in [-0.25, -0.2) is 0 Å². The topological polar surface area (TPSA) is 21.3 Å². The van der Waals surface area contributed by atoms with Crippen molar-refractivity contribution in [2.45, 2.75) is 6.54 Å². The lowest BCUT2D eigenvalue weighted by Crippen LogP contribution is -1.96. The van der Waals surface area contributed by atoms with Gasteiger partial charge in [0.25, 0.3) is 0 Å². The highest BCUT2D eigenvalue weighted by Crippen LogP contribution is 2.36. The van der Waals surface area contributed by atoms with Crippen LogP contribution in [0.2, 0.25) is 5.02 Å². The van der Waals surface area contributed by atoms with Crippen molar-refractivity contribution in [3.8, 4) is 11.5 Å². The molecule has 3 rings (SSSR count). The average molecular weight is 232 g/mol. The minimum atomic E-state index is 0.680. The summed E-state index contributed by atoms with van der Waals surface area (Å²) in [5, 5.41) is 4.01. The molecule has 0 amide bonds. The van der Waals surface area contributed by atoms with Gasteiger partial charge in [0.15, 0.2) is 5.75 Å². The van der Waals surface area contributed by atoms with Crippen LogP contribution < -0.4 is 10.1 Å². The van der Waals surface area contributed by atoms with Crippen LogP contribution in [-0.4, -0.2) is 0 Å². The largest absolute Gasteiger partial charge is 0.455 e. The number of hydrogen-bond donors (Lipinski definition) is 1. The summed E-state index contributed by atoms with van der Waals surface area (Å²) in [6.45, 7) is 0.769. The van der Waals surface area contributed by atoms with E-state index < -0.39 is 0 Å². The first-order chi connectivity index (χ1) is 7.83. The molecular formula is C13H10ClNO. The average Bonchev–Trinajstić information content (AvgIpc) is 2.47. The van der Waals surface area contributed by atoms with Crippen LogP contribution in [0.15, 0.2) is 42.5 Å². The van der Waals surface area contributed by atoms with Gasteiger partial charge in [0.2, 0.25) is 0 Å². The number of benzene rings is 2. The van der Waals surface area contributed by atoms with Gasteiger partial charge in [-0.15, -0.1) is 0 Å². The third kappa shape index (κ3) is 1.61. The van der Waals surface area contributed by atoms with Crippen LogP contribution in [0, 0.1) is 0 Å². The van der Waals surface area contributed by atoms with Crippen LogP contribution in [0.3, 0.4) is 0 Å². The van der Waals surface area contributed by atoms with Gasteiger partial charge in [0.1, 0.15) is 5.75 Å². The second kappa shape index (κ2) is 3.72. The van der Waals surface area contributed by atoms with Crippen molar-refractivity contribution >= 4 is 17.3 Å². The van der Waals surface area contributed by atoms with E-state index in [2.05, 4.69) is 11.4 Å². The van der Waals surface area contributed by atoms with Gasteiger partial charge in [0, 0.05) is 23.2 Å². The molecule has 1 heterocycles. The van der Waals surface area contributed by atoms with E-state index in [0.29, 0.717) is 5.02 Å². The van der Waals surface area contributed by atoms with Crippen molar-refractivity contribution in [3.63, 3.8) is 0 Å². The van der Waals surface area contributed by atoms with E-state index in [1.807, 2.05) is 36.4 Å². The van der Waals surface area contributed by atoms with Crippen LogP contribution in [0.1, 0.15) is 5.56 Å². The molecule has 0 radical (unpaired) electrons. The summed E-state index contributed by atoms with van der Waals surface area (Å²) < 4.78 is 5.84. The second-order valence-electron chi connectivity index (χ2n) is 3.70. The maximum atomic E-state index is 5.95. The Morgan fingerprint density at radius 1 is 1.06 bits per heavy atom. The van der Waals surface area contributed by atoms with Gasteiger partial charge >= 0.3 is 0 Å². The Morgan fingerprint density at radius 2 is 1.94 bits per heavy atom. The van der Waals surface area contributed by atoms with E-state index in [-0.39, 0.29) is 0 Å². The summed E-state index contributed by atoms with van der Waals surface area (Å²) in [7, 11) is 0. The molecular weight excluding hydrogens is 222 g/mol. The van der Waals surface area contributed by atoms with Crippen LogP contribution in [-0.2, 0) is 6.54 Å². The van der Waals surface area contributed by atoms with Gasteiger partial charge in [-0.05, 0) is 18.2 Å². The molecule has 16 heavy (non-hydrogen) atoms. The third-order valence-electron chi connectivity index (χ3n) is 2.61. The molecule has 2 aromatic rings. The van der Waals surface area contributed by atoms with Gasteiger partial charge in [-0.3, -0.25) is 0 Å². The molecule has 2 nitrogen and oxygen atoms in total. The molecule has 1 aliphatic heterocycles. The van der Waals surface area contributed by atoms with Gasteiger partial charge in [-0.1, -0.05) is 29.8 Å². The first-order valence-corrected chi connectivity index (χ1v) is 5.50. The van der Waals surface area contributed by atoms with E-state index >= 15 is 0 Å². The minimum absolute atomic E-state index is 0.680. The van der Waals surface area contributed by atoms with Crippen molar-refractivity contribution in [1.82, 2.24) is 0 Å². The quantitative estimate of drug-likeness (QED) is 0.738. The lowest BCUT2D eigenvalue weighted by molar-refractivity contribution is 0.484. The molecule has 0 spiro atoms. The van der Waals surface area contributed by atoms with Crippen LogP contribution in [0.5, 0.6) is 11.5 Å². The van der Waals surface area contributed by atoms with Crippen molar-refractivity contribution in [3.05, 3.63) is 53.1 Å². The van der Waals surface area contributed by atoms with Crippen LogP contribution in [0.25, 0.3) is 0 Å². The van der Waals surface area contributed by atoms with Crippen LogP contribution >= 0.6 is 11.6 Å². The maximum absolute atomic E-state index is 5.95. The number of fused-ring (bicyclic) bond motifs is 2. The van der Waals surface area contributed by atoms with Gasteiger partial charge < -0.3 is 10.1 Å². The molecule has 0 atom stereocenters. The summed E-state index contributed by atoms with van der Waals surface area (Å²) in [6.07, 6.45) is 0. The first-order valence-electron chi connectivity index (χ1n) is 5.12. The summed E-state index contributed by atoms with van der Waals surface area (Å²) in [4.78, 5) is 0. The highest BCUT2D eigenvalue weighted by Gasteiger charge is 2.13. The Morgan fingerprint density at radius 3 is 2.88 bits per heavy atom. The number of rotatable bonds is 0. The van der Waals surface area contributed by atoms with Crippen molar-refractivity contribution in [1.29, 1.82) is 0 Å². The van der Waals surface area contributed by atoms with E-state index in [9.17, 15) is 0 Å². The first kappa shape index (κ1) is 9.55. The highest BCUT2D eigenvalue weighted by molar-refractivity contribution is 6.30. The molecule has 80 valence electrons. The lowest BCUT2D eigenvalue weighted by atomic mass is 10.2. The summed E-state index contributed by atoms with van der Waals surface area (Å²) >= 11 is 5.95. The van der Waals surface area contributed by atoms with Crippen molar-refractivity contribution in [2.24, 2.45) is 0 Å². The Balaban J connectivity index is 2.10. The predicted molar refractivity (Wildman–Crippen MR) is 65.3 cm³/mol. The zero-order chi connectivity index (χ0) is 11.0. The third-order valence-corrected chi connectivity index (χ3v) is 2.84. The van der Waals surface area contributed by atoms with E-state index in [1.54, 1.807) is 0 Å². The molecule has 2 aromatic carbocycles. The summed E-state index contributed by atoms with van der Waals surface area (Å²) in [5.74, 6) is 1.66. The Kier molecular flexibility index (Phi) is 2.22. The molecule has 1 aliphatic rings. The number of ether oxygens (including phenoxy) is 1. The molecule has 0 aromatic heterocycles. The zero-order valence-electron chi connectivity index (χ0n) is 8.53. The second-order valence-corrected chi connectivity index (χ2v) is 4.14. The Hall–Kier alpha value is -1.67. The Labute approximate surface area is 98.8 Å².